The predicted octanol–water partition coefficient (Wildman–Crippen LogP) is 5.52. The van der Waals surface area contributed by atoms with Gasteiger partial charge in [-0.25, -0.2) is 9.97 Å². The van der Waals surface area contributed by atoms with Crippen LogP contribution in [0.2, 0.25) is 10.0 Å². The van der Waals surface area contributed by atoms with Crippen molar-refractivity contribution < 1.29 is 8.42 Å². The molecule has 4 nitrogen and oxygen atoms in total. The molecule has 2 aromatic heterocycles. The van der Waals surface area contributed by atoms with E-state index in [9.17, 15) is 8.42 Å². The highest BCUT2D eigenvalue weighted by atomic mass is 35.5. The first-order chi connectivity index (χ1) is 13.0. The lowest BCUT2D eigenvalue weighted by Gasteiger charge is -1.98. The van der Waals surface area contributed by atoms with Gasteiger partial charge in [-0.05, 0) is 42.8 Å². The average Bonchev–Trinajstić information content (AvgIpc) is 3.24. The van der Waals surface area contributed by atoms with E-state index in [1.807, 2.05) is 24.3 Å². The molecule has 2 aromatic carbocycles. The van der Waals surface area contributed by atoms with Crippen LogP contribution in [0.15, 0.2) is 45.1 Å². The molecular weight excluding hydrogens is 463 g/mol. The molecular formula is C17H12Cl2N2O2S4. The van der Waals surface area contributed by atoms with Gasteiger partial charge in [-0.2, -0.15) is 0 Å². The third-order valence-corrected chi connectivity index (χ3v) is 9.70. The monoisotopic (exact) mass is 474 g/mol. The summed E-state index contributed by atoms with van der Waals surface area (Å²) >= 11 is 14.7. The van der Waals surface area contributed by atoms with Gasteiger partial charge in [-0.3, -0.25) is 8.42 Å². The van der Waals surface area contributed by atoms with Crippen molar-refractivity contribution in [2.45, 2.75) is 15.1 Å². The Morgan fingerprint density at radius 2 is 1.22 bits per heavy atom. The summed E-state index contributed by atoms with van der Waals surface area (Å²) in [5, 5.41) is 1.27. The Balaban J connectivity index is 1.38. The fourth-order valence-electron chi connectivity index (χ4n) is 2.45. The summed E-state index contributed by atoms with van der Waals surface area (Å²) in [6, 6.07) is 10.8. The van der Waals surface area contributed by atoms with Crippen LogP contribution in [0.5, 0.6) is 0 Å². The van der Waals surface area contributed by atoms with Gasteiger partial charge in [0.05, 0.1) is 42.0 Å². The van der Waals surface area contributed by atoms with E-state index < -0.39 is 21.6 Å². The van der Waals surface area contributed by atoms with Crippen LogP contribution < -0.4 is 0 Å². The maximum absolute atomic E-state index is 12.5. The molecule has 0 spiro atoms. The predicted molar refractivity (Wildman–Crippen MR) is 116 cm³/mol. The van der Waals surface area contributed by atoms with Crippen LogP contribution in [0.3, 0.4) is 0 Å². The Labute approximate surface area is 178 Å². The molecule has 2 atom stereocenters. The summed E-state index contributed by atoms with van der Waals surface area (Å²) in [7, 11) is -2.44. The third-order valence-electron chi connectivity index (χ3n) is 3.71. The van der Waals surface area contributed by atoms with Crippen molar-refractivity contribution in [3.63, 3.8) is 0 Å². The molecule has 27 heavy (non-hydrogen) atoms. The van der Waals surface area contributed by atoms with Crippen molar-refractivity contribution >= 4 is 87.9 Å². The number of hydrogen-bond acceptors (Lipinski definition) is 6. The molecule has 0 aliphatic heterocycles. The summed E-state index contributed by atoms with van der Waals surface area (Å²) in [5.41, 5.74) is 1.59. The summed E-state index contributed by atoms with van der Waals surface area (Å²) < 4.78 is 28.0. The zero-order valence-corrected chi connectivity index (χ0v) is 18.5. The lowest BCUT2D eigenvalue weighted by Crippen LogP contribution is -2.04. The minimum atomic E-state index is -1.22. The third kappa shape index (κ3) is 4.41. The van der Waals surface area contributed by atoms with Crippen molar-refractivity contribution in [3.8, 4) is 0 Å². The summed E-state index contributed by atoms with van der Waals surface area (Å²) in [4.78, 5) is 8.82. The summed E-state index contributed by atoms with van der Waals surface area (Å²) in [6.07, 6.45) is 0.562. The van der Waals surface area contributed by atoms with Gasteiger partial charge in [-0.15, -0.1) is 22.7 Å². The molecule has 0 radical (unpaired) electrons. The molecule has 4 rings (SSSR count). The molecule has 2 unspecified atom stereocenters. The van der Waals surface area contributed by atoms with Gasteiger partial charge in [0.2, 0.25) is 0 Å². The molecule has 4 aromatic rings. The second-order valence-electron chi connectivity index (χ2n) is 5.64. The topological polar surface area (TPSA) is 59.9 Å². The lowest BCUT2D eigenvalue weighted by atomic mass is 10.3. The molecule has 0 N–H and O–H groups in total. The van der Waals surface area contributed by atoms with Crippen LogP contribution in [0.25, 0.3) is 20.4 Å². The zero-order chi connectivity index (χ0) is 19.0. The number of thiazole rings is 2. The lowest BCUT2D eigenvalue weighted by molar-refractivity contribution is 0.677. The van der Waals surface area contributed by atoms with E-state index in [4.69, 9.17) is 23.2 Å². The van der Waals surface area contributed by atoms with Crippen LogP contribution in [-0.2, 0) is 21.6 Å². The van der Waals surface area contributed by atoms with Crippen molar-refractivity contribution in [1.29, 1.82) is 0 Å². The zero-order valence-electron chi connectivity index (χ0n) is 13.7. The number of benzene rings is 2. The fraction of sp³-hybridized carbons (Fsp3) is 0.176. The fourth-order valence-corrected chi connectivity index (χ4v) is 7.92. The molecule has 0 amide bonds. The highest BCUT2D eigenvalue weighted by Crippen LogP contribution is 2.29. The highest BCUT2D eigenvalue weighted by Gasteiger charge is 2.14. The Hall–Kier alpha value is -0.900. The van der Waals surface area contributed by atoms with Crippen molar-refractivity contribution in [2.24, 2.45) is 0 Å². The molecule has 0 aliphatic rings. The quantitative estimate of drug-likeness (QED) is 0.369. The number of hydrogen-bond donors (Lipinski definition) is 0. The highest BCUT2D eigenvalue weighted by molar-refractivity contribution is 7.88. The van der Waals surface area contributed by atoms with Crippen LogP contribution in [0, 0.1) is 0 Å². The smallest absolute Gasteiger partial charge is 0.181 e. The largest absolute Gasteiger partial charge is 0.252 e. The first-order valence-corrected chi connectivity index (χ1v) is 12.9. The second-order valence-corrected chi connectivity index (χ2v) is 12.1. The Morgan fingerprint density at radius 1 is 0.778 bits per heavy atom. The van der Waals surface area contributed by atoms with E-state index in [1.165, 1.54) is 22.7 Å². The van der Waals surface area contributed by atoms with E-state index in [2.05, 4.69) is 9.97 Å². The van der Waals surface area contributed by atoms with Crippen LogP contribution >= 0.6 is 45.9 Å². The van der Waals surface area contributed by atoms with Crippen LogP contribution in [0.4, 0.5) is 0 Å². The molecule has 0 bridgehead atoms. The number of nitrogens with zero attached hydrogens (tertiary/aromatic N) is 2. The van der Waals surface area contributed by atoms with Crippen molar-refractivity contribution in [3.05, 3.63) is 46.4 Å². The van der Waals surface area contributed by atoms with Gasteiger partial charge >= 0.3 is 0 Å². The Kier molecular flexibility index (Phi) is 5.92. The van der Waals surface area contributed by atoms with Gasteiger partial charge in [-0.1, -0.05) is 23.2 Å². The Bertz CT molecular complexity index is 1100. The maximum Gasteiger partial charge on any atom is 0.181 e. The van der Waals surface area contributed by atoms with E-state index in [0.717, 1.165) is 20.4 Å². The molecule has 0 fully saturated rings. The van der Waals surface area contributed by atoms with Gasteiger partial charge in [0.25, 0.3) is 0 Å². The van der Waals surface area contributed by atoms with Crippen molar-refractivity contribution in [1.82, 2.24) is 9.97 Å². The maximum atomic E-state index is 12.5. The van der Waals surface area contributed by atoms with E-state index in [0.29, 0.717) is 36.7 Å². The summed E-state index contributed by atoms with van der Waals surface area (Å²) in [6.45, 7) is 0. The number of rotatable bonds is 6. The van der Waals surface area contributed by atoms with Crippen LogP contribution in [0.1, 0.15) is 6.42 Å². The van der Waals surface area contributed by atoms with E-state index in [1.54, 1.807) is 12.1 Å². The minimum absolute atomic E-state index is 0.413. The molecule has 0 saturated carbocycles. The summed E-state index contributed by atoms with van der Waals surface area (Å²) in [5.74, 6) is 0.825. The first-order valence-electron chi connectivity index (χ1n) is 7.88. The van der Waals surface area contributed by atoms with E-state index in [-0.39, 0.29) is 0 Å². The number of fused-ring (bicyclic) bond motifs is 2. The second kappa shape index (κ2) is 8.23. The van der Waals surface area contributed by atoms with Crippen LogP contribution in [-0.4, -0.2) is 29.9 Å². The molecule has 0 saturated heterocycles. The first kappa shape index (κ1) is 19.4. The number of aromatic nitrogens is 2. The SMILES string of the molecule is O=S(CCCS(=O)c1nc2ccc(Cl)cc2s1)c1nc2ccc(Cl)cc2s1. The minimum Gasteiger partial charge on any atom is -0.252 e. The molecule has 0 aliphatic carbocycles. The van der Waals surface area contributed by atoms with Gasteiger partial charge in [0.15, 0.2) is 8.68 Å². The van der Waals surface area contributed by atoms with E-state index >= 15 is 0 Å². The van der Waals surface area contributed by atoms with Gasteiger partial charge in [0.1, 0.15) is 0 Å². The average molecular weight is 475 g/mol. The number of halogens is 2. The van der Waals surface area contributed by atoms with Gasteiger partial charge in [0, 0.05) is 21.6 Å². The van der Waals surface area contributed by atoms with Crippen molar-refractivity contribution in [2.75, 3.05) is 11.5 Å². The normalized spacial score (nSPS) is 14.0. The van der Waals surface area contributed by atoms with Gasteiger partial charge < -0.3 is 0 Å². The molecule has 2 heterocycles. The standard InChI is InChI=1S/C17H12Cl2N2O2S4/c18-10-2-4-12-14(8-10)24-16(20-12)26(22)6-1-7-27(23)17-21-13-5-3-11(19)9-15(13)25-17/h2-5,8-9H,1,6-7H2. The molecule has 140 valence electrons. The molecule has 10 heteroatoms. The Morgan fingerprint density at radius 3 is 1.67 bits per heavy atom.